The average molecular weight is 153 g/mol. The van der Waals surface area contributed by atoms with Crippen LogP contribution in [-0.2, 0) is 4.74 Å². The third-order valence-corrected chi connectivity index (χ3v) is 2.26. The van der Waals surface area contributed by atoms with Gasteiger partial charge in [-0.25, -0.2) is 4.68 Å². The zero-order valence-electron chi connectivity index (χ0n) is 6.47. The molecule has 2 unspecified atom stereocenters. The second kappa shape index (κ2) is 2.62. The third-order valence-electron chi connectivity index (χ3n) is 2.26. The molecule has 1 aliphatic carbocycles. The fourth-order valence-corrected chi connectivity index (χ4v) is 1.42. The van der Waals surface area contributed by atoms with Crippen LogP contribution in [0.2, 0.25) is 0 Å². The molecule has 2 rings (SSSR count). The molecule has 1 aliphatic rings. The van der Waals surface area contributed by atoms with Gasteiger partial charge >= 0.3 is 0 Å². The summed E-state index contributed by atoms with van der Waals surface area (Å²) in [6, 6.07) is 0.419. The van der Waals surface area contributed by atoms with Crippen LogP contribution < -0.4 is 0 Å². The molecule has 4 heteroatoms. The van der Waals surface area contributed by atoms with Crippen molar-refractivity contribution in [3.05, 3.63) is 12.4 Å². The molecule has 0 amide bonds. The highest BCUT2D eigenvalue weighted by molar-refractivity contribution is 4.87. The van der Waals surface area contributed by atoms with E-state index in [1.54, 1.807) is 13.3 Å². The summed E-state index contributed by atoms with van der Waals surface area (Å²) in [5.41, 5.74) is 0. The molecule has 0 spiro atoms. The van der Waals surface area contributed by atoms with Crippen molar-refractivity contribution < 1.29 is 4.74 Å². The summed E-state index contributed by atoms with van der Waals surface area (Å²) in [5.74, 6) is 0. The van der Waals surface area contributed by atoms with Crippen molar-refractivity contribution in [1.29, 1.82) is 0 Å². The molecule has 2 atom stereocenters. The van der Waals surface area contributed by atoms with Crippen molar-refractivity contribution in [3.8, 4) is 0 Å². The van der Waals surface area contributed by atoms with E-state index < -0.39 is 0 Å². The topological polar surface area (TPSA) is 39.9 Å². The predicted octanol–water partition coefficient (Wildman–Crippen LogP) is 0.628. The second-order valence-electron chi connectivity index (χ2n) is 2.80. The van der Waals surface area contributed by atoms with E-state index in [0.717, 1.165) is 12.8 Å². The highest BCUT2D eigenvalue weighted by Crippen LogP contribution is 2.33. The minimum atomic E-state index is 0.344. The maximum absolute atomic E-state index is 5.23. The van der Waals surface area contributed by atoms with Crippen LogP contribution in [0.1, 0.15) is 18.9 Å². The number of nitrogens with zero attached hydrogens (tertiary/aromatic N) is 3. The minimum Gasteiger partial charge on any atom is -0.379 e. The summed E-state index contributed by atoms with van der Waals surface area (Å²) in [6.07, 6.45) is 6.22. The lowest BCUT2D eigenvalue weighted by molar-refractivity contribution is -0.0145. The van der Waals surface area contributed by atoms with Crippen molar-refractivity contribution >= 4 is 0 Å². The van der Waals surface area contributed by atoms with Gasteiger partial charge in [0, 0.05) is 13.3 Å². The van der Waals surface area contributed by atoms with E-state index in [4.69, 9.17) is 4.74 Å². The van der Waals surface area contributed by atoms with Crippen LogP contribution in [-0.4, -0.2) is 28.2 Å². The lowest BCUT2D eigenvalue weighted by Gasteiger charge is -2.34. The van der Waals surface area contributed by atoms with Crippen molar-refractivity contribution in [3.63, 3.8) is 0 Å². The Hall–Kier alpha value is -0.900. The summed E-state index contributed by atoms with van der Waals surface area (Å²) in [7, 11) is 1.74. The Bertz CT molecular complexity index is 220. The summed E-state index contributed by atoms with van der Waals surface area (Å²) in [6.45, 7) is 0. The quantitative estimate of drug-likeness (QED) is 0.625. The van der Waals surface area contributed by atoms with E-state index in [-0.39, 0.29) is 0 Å². The molecule has 0 radical (unpaired) electrons. The SMILES string of the molecule is COC1CCC1n1ccnn1. The molecule has 1 aromatic rings. The van der Waals surface area contributed by atoms with Gasteiger partial charge in [-0.3, -0.25) is 0 Å². The zero-order valence-corrected chi connectivity index (χ0v) is 6.47. The molecule has 11 heavy (non-hydrogen) atoms. The lowest BCUT2D eigenvalue weighted by Crippen LogP contribution is -2.35. The maximum Gasteiger partial charge on any atom is 0.0799 e. The molecular weight excluding hydrogens is 142 g/mol. The molecule has 1 fully saturated rings. The molecule has 0 aromatic carbocycles. The Labute approximate surface area is 65.2 Å². The van der Waals surface area contributed by atoms with Gasteiger partial charge in [-0.05, 0) is 12.8 Å². The maximum atomic E-state index is 5.23. The fourth-order valence-electron chi connectivity index (χ4n) is 1.42. The predicted molar refractivity (Wildman–Crippen MR) is 39.1 cm³/mol. The van der Waals surface area contributed by atoms with Crippen LogP contribution in [0, 0.1) is 0 Å². The van der Waals surface area contributed by atoms with Crippen LogP contribution >= 0.6 is 0 Å². The van der Waals surface area contributed by atoms with E-state index in [2.05, 4.69) is 10.3 Å². The van der Waals surface area contributed by atoms with Crippen LogP contribution in [0.5, 0.6) is 0 Å². The van der Waals surface area contributed by atoms with Gasteiger partial charge in [-0.1, -0.05) is 5.21 Å². The highest BCUT2D eigenvalue weighted by atomic mass is 16.5. The average Bonchev–Trinajstić information content (AvgIpc) is 2.39. The van der Waals surface area contributed by atoms with E-state index in [9.17, 15) is 0 Å². The summed E-state index contributed by atoms with van der Waals surface area (Å²) < 4.78 is 7.11. The molecule has 1 aromatic heterocycles. The molecule has 4 nitrogen and oxygen atoms in total. The number of methoxy groups -OCH3 is 1. The molecule has 0 aliphatic heterocycles. The number of hydrogen-bond donors (Lipinski definition) is 0. The van der Waals surface area contributed by atoms with E-state index in [1.165, 1.54) is 0 Å². The van der Waals surface area contributed by atoms with Gasteiger partial charge in [0.15, 0.2) is 0 Å². The second-order valence-corrected chi connectivity index (χ2v) is 2.80. The number of aromatic nitrogens is 3. The lowest BCUT2D eigenvalue weighted by atomic mass is 9.89. The van der Waals surface area contributed by atoms with Gasteiger partial charge in [0.05, 0.1) is 18.3 Å². The largest absolute Gasteiger partial charge is 0.379 e. The van der Waals surface area contributed by atoms with E-state index >= 15 is 0 Å². The normalized spacial score (nSPS) is 29.9. The van der Waals surface area contributed by atoms with Crippen molar-refractivity contribution in [2.45, 2.75) is 25.0 Å². The number of ether oxygens (including phenoxy) is 1. The molecule has 1 saturated carbocycles. The molecular formula is C7H11N3O. The van der Waals surface area contributed by atoms with Crippen LogP contribution in [0.4, 0.5) is 0 Å². The highest BCUT2D eigenvalue weighted by Gasteiger charge is 2.32. The minimum absolute atomic E-state index is 0.344. The summed E-state index contributed by atoms with van der Waals surface area (Å²) in [5, 5.41) is 7.67. The van der Waals surface area contributed by atoms with Crippen molar-refractivity contribution in [1.82, 2.24) is 15.0 Å². The smallest absolute Gasteiger partial charge is 0.0799 e. The molecule has 1 heterocycles. The summed E-state index contributed by atoms with van der Waals surface area (Å²) >= 11 is 0. The van der Waals surface area contributed by atoms with E-state index in [1.807, 2.05) is 10.9 Å². The van der Waals surface area contributed by atoms with Gasteiger partial charge < -0.3 is 4.74 Å². The van der Waals surface area contributed by atoms with Gasteiger partial charge in [0.25, 0.3) is 0 Å². The third kappa shape index (κ3) is 1.03. The molecule has 0 bridgehead atoms. The van der Waals surface area contributed by atoms with E-state index in [0.29, 0.717) is 12.1 Å². The Kier molecular flexibility index (Phi) is 1.62. The summed E-state index contributed by atoms with van der Waals surface area (Å²) in [4.78, 5) is 0. The fraction of sp³-hybridized carbons (Fsp3) is 0.714. The van der Waals surface area contributed by atoms with Crippen LogP contribution in [0.15, 0.2) is 12.4 Å². The first kappa shape index (κ1) is 6.79. The van der Waals surface area contributed by atoms with Gasteiger partial charge in [0.2, 0.25) is 0 Å². The Morgan fingerprint density at radius 1 is 1.55 bits per heavy atom. The Morgan fingerprint density at radius 2 is 2.45 bits per heavy atom. The standard InChI is InChI=1S/C7H11N3O/c1-11-7-3-2-6(7)10-5-4-8-9-10/h4-7H,2-3H2,1H3. The molecule has 0 saturated heterocycles. The van der Waals surface area contributed by atoms with Gasteiger partial charge in [-0.15, -0.1) is 5.10 Å². The Morgan fingerprint density at radius 3 is 2.91 bits per heavy atom. The zero-order chi connectivity index (χ0) is 7.68. The first-order valence-corrected chi connectivity index (χ1v) is 3.80. The van der Waals surface area contributed by atoms with Crippen LogP contribution in [0.3, 0.4) is 0 Å². The van der Waals surface area contributed by atoms with Crippen molar-refractivity contribution in [2.24, 2.45) is 0 Å². The van der Waals surface area contributed by atoms with Crippen molar-refractivity contribution in [2.75, 3.05) is 7.11 Å². The first-order chi connectivity index (χ1) is 5.42. The molecule has 60 valence electrons. The van der Waals surface area contributed by atoms with Gasteiger partial charge in [0.1, 0.15) is 0 Å². The van der Waals surface area contributed by atoms with Crippen LogP contribution in [0.25, 0.3) is 0 Å². The Balaban J connectivity index is 2.07. The molecule has 0 N–H and O–H groups in total. The van der Waals surface area contributed by atoms with Gasteiger partial charge in [-0.2, -0.15) is 0 Å². The number of hydrogen-bond acceptors (Lipinski definition) is 3. The first-order valence-electron chi connectivity index (χ1n) is 3.80. The monoisotopic (exact) mass is 153 g/mol. The number of rotatable bonds is 2.